The smallest absolute Gasteiger partial charge is 0.289 e. The molecule has 20 heavy (non-hydrogen) atoms. The molecule has 0 spiro atoms. The molecule has 1 aliphatic rings. The van der Waals surface area contributed by atoms with Gasteiger partial charge < -0.3 is 5.32 Å². The van der Waals surface area contributed by atoms with Crippen LogP contribution in [-0.2, 0) is 0 Å². The zero-order valence-corrected chi connectivity index (χ0v) is 11.6. The molecule has 1 aromatic carbocycles. The molecule has 0 saturated heterocycles. The number of nitro benzene ring substituents is 1. The number of nitrogens with one attached hydrogen (secondary N) is 1. The van der Waals surface area contributed by atoms with Crippen molar-refractivity contribution in [2.75, 3.05) is 5.32 Å². The molecule has 0 amide bonds. The second-order valence-electron chi connectivity index (χ2n) is 5.30. The van der Waals surface area contributed by atoms with Crippen molar-refractivity contribution in [2.24, 2.45) is 5.92 Å². The lowest BCUT2D eigenvalue weighted by Crippen LogP contribution is -2.31. The predicted molar refractivity (Wildman–Crippen MR) is 77.5 cm³/mol. The van der Waals surface area contributed by atoms with E-state index in [1.54, 1.807) is 6.07 Å². The quantitative estimate of drug-likeness (QED) is 0.667. The molecule has 5 nitrogen and oxygen atoms in total. The van der Waals surface area contributed by atoms with Gasteiger partial charge in [-0.3, -0.25) is 10.1 Å². The van der Waals surface area contributed by atoms with Crippen LogP contribution in [0.4, 0.5) is 11.4 Å². The Morgan fingerprint density at radius 1 is 1.45 bits per heavy atom. The molecule has 106 valence electrons. The third-order valence-corrected chi connectivity index (χ3v) is 4.10. The van der Waals surface area contributed by atoms with Gasteiger partial charge >= 0.3 is 0 Å². The maximum Gasteiger partial charge on any atom is 0.289 e. The van der Waals surface area contributed by atoms with Crippen LogP contribution in [0.1, 0.15) is 44.6 Å². The SMILES string of the molecule is CCC1CCCCC1Nc1ccc(C#N)c([N+](=O)[O-])c1. The van der Waals surface area contributed by atoms with Gasteiger partial charge in [0.25, 0.3) is 5.69 Å². The van der Waals surface area contributed by atoms with Crippen molar-refractivity contribution in [3.8, 4) is 6.07 Å². The van der Waals surface area contributed by atoms with E-state index in [2.05, 4.69) is 12.2 Å². The fourth-order valence-corrected chi connectivity index (χ4v) is 2.97. The first-order chi connectivity index (χ1) is 9.65. The Morgan fingerprint density at radius 3 is 2.85 bits per heavy atom. The van der Waals surface area contributed by atoms with Gasteiger partial charge in [0.05, 0.1) is 4.92 Å². The minimum Gasteiger partial charge on any atom is -0.382 e. The predicted octanol–water partition coefficient (Wildman–Crippen LogP) is 3.85. The lowest BCUT2D eigenvalue weighted by atomic mass is 9.83. The topological polar surface area (TPSA) is 79.0 Å². The monoisotopic (exact) mass is 273 g/mol. The third kappa shape index (κ3) is 3.08. The fraction of sp³-hybridized carbons (Fsp3) is 0.533. The van der Waals surface area contributed by atoms with Crippen LogP contribution in [0.25, 0.3) is 0 Å². The summed E-state index contributed by atoms with van der Waals surface area (Å²) in [6.45, 7) is 2.19. The molecular weight excluding hydrogens is 254 g/mol. The van der Waals surface area contributed by atoms with Gasteiger partial charge in [-0.15, -0.1) is 0 Å². The molecule has 2 unspecified atom stereocenters. The summed E-state index contributed by atoms with van der Waals surface area (Å²) >= 11 is 0. The fourth-order valence-electron chi connectivity index (χ4n) is 2.97. The minimum absolute atomic E-state index is 0.108. The van der Waals surface area contributed by atoms with E-state index in [4.69, 9.17) is 5.26 Å². The summed E-state index contributed by atoms with van der Waals surface area (Å²) in [7, 11) is 0. The van der Waals surface area contributed by atoms with Gasteiger partial charge in [0.2, 0.25) is 0 Å². The van der Waals surface area contributed by atoms with Crippen LogP contribution in [0.15, 0.2) is 18.2 Å². The minimum atomic E-state index is -0.498. The van der Waals surface area contributed by atoms with Crippen LogP contribution in [0, 0.1) is 27.4 Å². The summed E-state index contributed by atoms with van der Waals surface area (Å²) in [6.07, 6.45) is 5.91. The van der Waals surface area contributed by atoms with E-state index in [1.807, 2.05) is 6.07 Å². The third-order valence-electron chi connectivity index (χ3n) is 4.10. The van der Waals surface area contributed by atoms with Gasteiger partial charge in [0.1, 0.15) is 11.6 Å². The van der Waals surface area contributed by atoms with Crippen molar-refractivity contribution in [2.45, 2.75) is 45.1 Å². The van der Waals surface area contributed by atoms with E-state index in [0.29, 0.717) is 12.0 Å². The number of rotatable bonds is 4. The van der Waals surface area contributed by atoms with Crippen molar-refractivity contribution in [3.05, 3.63) is 33.9 Å². The highest BCUT2D eigenvalue weighted by Gasteiger charge is 2.24. The molecule has 2 atom stereocenters. The first-order valence-corrected chi connectivity index (χ1v) is 7.10. The van der Waals surface area contributed by atoms with Crippen molar-refractivity contribution in [3.63, 3.8) is 0 Å². The molecule has 1 N–H and O–H groups in total. The highest BCUT2D eigenvalue weighted by atomic mass is 16.6. The summed E-state index contributed by atoms with van der Waals surface area (Å²) < 4.78 is 0. The molecule has 0 aromatic heterocycles. The molecule has 1 saturated carbocycles. The molecular formula is C15H19N3O2. The van der Waals surface area contributed by atoms with E-state index in [0.717, 1.165) is 18.5 Å². The van der Waals surface area contributed by atoms with Crippen LogP contribution in [-0.4, -0.2) is 11.0 Å². The lowest BCUT2D eigenvalue weighted by Gasteiger charge is -2.32. The normalized spacial score (nSPS) is 22.0. The highest BCUT2D eigenvalue weighted by Crippen LogP contribution is 2.31. The van der Waals surface area contributed by atoms with Gasteiger partial charge in [-0.25, -0.2) is 0 Å². The number of hydrogen-bond acceptors (Lipinski definition) is 4. The molecule has 0 heterocycles. The summed E-state index contributed by atoms with van der Waals surface area (Å²) in [5.41, 5.74) is 0.721. The van der Waals surface area contributed by atoms with Gasteiger partial charge in [-0.1, -0.05) is 26.2 Å². The van der Waals surface area contributed by atoms with E-state index in [-0.39, 0.29) is 11.3 Å². The average Bonchev–Trinajstić information content (AvgIpc) is 2.47. The van der Waals surface area contributed by atoms with Gasteiger partial charge in [0.15, 0.2) is 0 Å². The maximum absolute atomic E-state index is 11.0. The molecule has 0 radical (unpaired) electrons. The lowest BCUT2D eigenvalue weighted by molar-refractivity contribution is -0.385. The zero-order valence-electron chi connectivity index (χ0n) is 11.6. The van der Waals surface area contributed by atoms with E-state index < -0.39 is 4.92 Å². The Morgan fingerprint density at radius 2 is 2.20 bits per heavy atom. The van der Waals surface area contributed by atoms with E-state index >= 15 is 0 Å². The van der Waals surface area contributed by atoms with Crippen LogP contribution < -0.4 is 5.32 Å². The average molecular weight is 273 g/mol. The van der Waals surface area contributed by atoms with Crippen molar-refractivity contribution in [1.82, 2.24) is 0 Å². The van der Waals surface area contributed by atoms with Gasteiger partial charge in [-0.2, -0.15) is 5.26 Å². The number of anilines is 1. The van der Waals surface area contributed by atoms with E-state index in [1.165, 1.54) is 31.4 Å². The largest absolute Gasteiger partial charge is 0.382 e. The standard InChI is InChI=1S/C15H19N3O2/c1-2-11-5-3-4-6-14(11)17-13-8-7-12(10-16)15(9-13)18(19)20/h7-9,11,14,17H,2-6H2,1H3. The van der Waals surface area contributed by atoms with Crippen molar-refractivity contribution < 1.29 is 4.92 Å². The van der Waals surface area contributed by atoms with Gasteiger partial charge in [-0.05, 0) is 30.9 Å². The van der Waals surface area contributed by atoms with Crippen LogP contribution in [0.3, 0.4) is 0 Å². The number of nitriles is 1. The molecule has 5 heteroatoms. The molecule has 0 bridgehead atoms. The number of nitro groups is 1. The second kappa shape index (κ2) is 6.38. The number of benzene rings is 1. The van der Waals surface area contributed by atoms with Gasteiger partial charge in [0, 0.05) is 17.8 Å². The Hall–Kier alpha value is -2.09. The zero-order chi connectivity index (χ0) is 14.5. The number of hydrogen-bond donors (Lipinski definition) is 1. The summed E-state index contributed by atoms with van der Waals surface area (Å²) in [4.78, 5) is 10.5. The Balaban J connectivity index is 2.19. The molecule has 0 aliphatic heterocycles. The Labute approximate surface area is 118 Å². The van der Waals surface area contributed by atoms with Crippen molar-refractivity contribution in [1.29, 1.82) is 5.26 Å². The Kier molecular flexibility index (Phi) is 4.57. The van der Waals surface area contributed by atoms with Crippen LogP contribution in [0.2, 0.25) is 0 Å². The first kappa shape index (κ1) is 14.3. The van der Waals surface area contributed by atoms with Crippen LogP contribution in [0.5, 0.6) is 0 Å². The summed E-state index contributed by atoms with van der Waals surface area (Å²) in [5.74, 6) is 0.624. The molecule has 2 rings (SSSR count). The molecule has 1 aromatic rings. The molecule has 1 aliphatic carbocycles. The Bertz CT molecular complexity index is 536. The van der Waals surface area contributed by atoms with E-state index in [9.17, 15) is 10.1 Å². The highest BCUT2D eigenvalue weighted by molar-refractivity contribution is 5.59. The first-order valence-electron chi connectivity index (χ1n) is 7.10. The van der Waals surface area contributed by atoms with Crippen molar-refractivity contribution >= 4 is 11.4 Å². The maximum atomic E-state index is 11.0. The summed E-state index contributed by atoms with van der Waals surface area (Å²) in [6, 6.07) is 6.98. The second-order valence-corrected chi connectivity index (χ2v) is 5.30. The van der Waals surface area contributed by atoms with Crippen LogP contribution >= 0.6 is 0 Å². The molecule has 1 fully saturated rings. The number of nitrogens with zero attached hydrogens (tertiary/aromatic N) is 2. The summed E-state index contributed by atoms with van der Waals surface area (Å²) in [5, 5.41) is 23.3.